The molecule has 5 rings (SSSR count). The Morgan fingerprint density at radius 2 is 1.36 bits per heavy atom. The minimum atomic E-state index is -4.35. The highest BCUT2D eigenvalue weighted by molar-refractivity contribution is 7.51. The topological polar surface area (TPSA) is 173 Å². The van der Waals surface area contributed by atoms with Gasteiger partial charge in [-0.25, -0.2) is 14.0 Å². The molecule has 364 valence electrons. The zero-order chi connectivity index (χ0) is 49.3. The van der Waals surface area contributed by atoms with E-state index in [2.05, 4.69) is 57.9 Å². The third kappa shape index (κ3) is 11.6. The van der Waals surface area contributed by atoms with Crippen molar-refractivity contribution in [3.63, 3.8) is 0 Å². The summed E-state index contributed by atoms with van der Waals surface area (Å²) in [6.07, 6.45) is -3.14. The molecule has 5 atom stereocenters. The SMILES string of the molecule is COc1ccc(C(OC[C@H]2O[C@@H](n3ccc(NC(C)=O)nc3=O)[C@H](OP(=O)(OCCC#N)N(C(C)C)C(C)C)[C@@H]2O[Si](C(C)C)(C(C)C)C(C)C)(c2ccccc2)c2ccc(OC)cc2)cc1. The number of nitrogens with zero attached hydrogens (tertiary/aromatic N) is 4. The van der Waals surface area contributed by atoms with Gasteiger partial charge in [0.25, 0.3) is 0 Å². The number of hydrogen-bond donors (Lipinski definition) is 1. The number of carbonyl (C=O) groups is 1. The second kappa shape index (κ2) is 23.1. The number of benzene rings is 3. The van der Waals surface area contributed by atoms with Crippen LogP contribution in [0.5, 0.6) is 11.5 Å². The number of ether oxygens (including phenoxy) is 4. The normalized spacial score (nSPS) is 18.8. The van der Waals surface area contributed by atoms with Crippen molar-refractivity contribution in [2.45, 2.75) is 141 Å². The molecule has 1 aliphatic rings. The molecule has 1 aromatic heterocycles. The van der Waals surface area contributed by atoms with Crippen LogP contribution in [0.2, 0.25) is 16.6 Å². The van der Waals surface area contributed by atoms with Crippen molar-refractivity contribution >= 4 is 27.8 Å². The predicted molar refractivity (Wildman–Crippen MR) is 262 cm³/mol. The molecular weight excluding hydrogens is 890 g/mol. The van der Waals surface area contributed by atoms with Gasteiger partial charge in [-0.05, 0) is 91.3 Å². The van der Waals surface area contributed by atoms with Gasteiger partial charge in [0.1, 0.15) is 41.2 Å². The van der Waals surface area contributed by atoms with Gasteiger partial charge in [0.15, 0.2) is 6.23 Å². The van der Waals surface area contributed by atoms with Gasteiger partial charge in [0, 0.05) is 25.2 Å². The van der Waals surface area contributed by atoms with Gasteiger partial charge in [-0.3, -0.25) is 18.4 Å². The lowest BCUT2D eigenvalue weighted by Crippen LogP contribution is -2.55. The van der Waals surface area contributed by atoms with Gasteiger partial charge in [0.05, 0.1) is 39.9 Å². The van der Waals surface area contributed by atoms with E-state index in [1.54, 1.807) is 18.9 Å². The van der Waals surface area contributed by atoms with Gasteiger partial charge in [0.2, 0.25) is 14.2 Å². The lowest BCUT2D eigenvalue weighted by atomic mass is 9.80. The van der Waals surface area contributed by atoms with Crippen LogP contribution in [0, 0.1) is 11.3 Å². The summed E-state index contributed by atoms with van der Waals surface area (Å²) >= 11 is 0. The van der Waals surface area contributed by atoms with E-state index < -0.39 is 57.8 Å². The first kappa shape index (κ1) is 53.3. The first-order valence-electron chi connectivity index (χ1n) is 23.1. The molecule has 1 aliphatic heterocycles. The van der Waals surface area contributed by atoms with Gasteiger partial charge in [-0.2, -0.15) is 10.2 Å². The summed E-state index contributed by atoms with van der Waals surface area (Å²) < 4.78 is 65.4. The second-order valence-corrected chi connectivity index (χ2v) is 25.6. The highest BCUT2D eigenvalue weighted by atomic mass is 31.2. The van der Waals surface area contributed by atoms with Crippen LogP contribution in [0.25, 0.3) is 0 Å². The number of anilines is 1. The van der Waals surface area contributed by atoms with E-state index in [4.69, 9.17) is 32.4 Å². The molecule has 1 amide bonds. The van der Waals surface area contributed by atoms with Crippen molar-refractivity contribution < 1.29 is 41.8 Å². The predicted octanol–water partition coefficient (Wildman–Crippen LogP) is 10.2. The molecule has 0 aliphatic carbocycles. The Kier molecular flexibility index (Phi) is 18.3. The summed E-state index contributed by atoms with van der Waals surface area (Å²) in [4.78, 5) is 30.5. The molecule has 2 heterocycles. The lowest BCUT2D eigenvalue weighted by Gasteiger charge is -2.46. The number of carbonyl (C=O) groups excluding carboxylic acids is 1. The molecule has 67 heavy (non-hydrogen) atoms. The number of methoxy groups -OCH3 is 2. The quantitative estimate of drug-likeness (QED) is 0.0322. The van der Waals surface area contributed by atoms with Crippen LogP contribution in [0.15, 0.2) is 95.9 Å². The van der Waals surface area contributed by atoms with Crippen molar-refractivity contribution in [3.8, 4) is 17.6 Å². The zero-order valence-corrected chi connectivity index (χ0v) is 43.2. The average Bonchev–Trinajstić information content (AvgIpc) is 3.60. The average molecular weight is 960 g/mol. The third-order valence-corrected chi connectivity index (χ3v) is 21.0. The highest BCUT2D eigenvalue weighted by Crippen LogP contribution is 2.59. The third-order valence-electron chi connectivity index (χ3n) is 12.4. The molecule has 4 aromatic rings. The van der Waals surface area contributed by atoms with Gasteiger partial charge >= 0.3 is 13.4 Å². The van der Waals surface area contributed by atoms with E-state index in [9.17, 15) is 14.9 Å². The van der Waals surface area contributed by atoms with Crippen molar-refractivity contribution in [2.24, 2.45) is 0 Å². The first-order valence-corrected chi connectivity index (χ1v) is 26.7. The molecule has 0 spiro atoms. The van der Waals surface area contributed by atoms with Crippen molar-refractivity contribution in [3.05, 3.63) is 118 Å². The maximum atomic E-state index is 15.7. The fourth-order valence-corrected chi connectivity index (χ4v) is 17.6. The number of rotatable bonds is 23. The van der Waals surface area contributed by atoms with Gasteiger partial charge in [-0.15, -0.1) is 0 Å². The first-order chi connectivity index (χ1) is 31.8. The van der Waals surface area contributed by atoms with Crippen molar-refractivity contribution in [1.29, 1.82) is 5.26 Å². The summed E-state index contributed by atoms with van der Waals surface area (Å²) in [5, 5.41) is 12.2. The molecule has 0 radical (unpaired) electrons. The Labute approximate surface area is 397 Å². The van der Waals surface area contributed by atoms with E-state index in [0.717, 1.165) is 16.7 Å². The highest BCUT2D eigenvalue weighted by Gasteiger charge is 2.58. The maximum Gasteiger partial charge on any atom is 0.409 e. The van der Waals surface area contributed by atoms with E-state index in [1.165, 1.54) is 23.8 Å². The summed E-state index contributed by atoms with van der Waals surface area (Å²) in [6.45, 7) is 21.6. The van der Waals surface area contributed by atoms with Gasteiger partial charge < -0.3 is 28.7 Å². The largest absolute Gasteiger partial charge is 0.497 e. The number of nitrogens with one attached hydrogen (secondary N) is 1. The van der Waals surface area contributed by atoms with Crippen LogP contribution >= 0.6 is 7.75 Å². The molecule has 3 aromatic carbocycles. The smallest absolute Gasteiger partial charge is 0.409 e. The Balaban J connectivity index is 1.81. The number of aromatic nitrogens is 2. The Morgan fingerprint density at radius 3 is 1.81 bits per heavy atom. The van der Waals surface area contributed by atoms with Crippen molar-refractivity contribution in [2.75, 3.05) is 32.8 Å². The fourth-order valence-electron chi connectivity index (χ4n) is 9.78. The molecular formula is C50H70N5O10PSi. The monoisotopic (exact) mass is 959 g/mol. The standard InChI is InChI=1S/C50H70N5O10PSi/c1-33(2)55(34(3)4)66(58,62-31-17-29-51)64-47-46(65-67(35(5)6,36(7)8)37(9)10)44(63-48(47)54-30-28-45(52-38(11)56)53-49(54)57)32-61-50(39-18-15-14-16-19-39,40-20-24-42(59-12)25-21-40)41-22-26-43(60-13)27-23-41/h14-16,18-28,30,33-37,44,46-48H,17,31-32H2,1-13H3,(H,52,53,56,57)/t44-,46-,47-,48-,66?/m1/s1. The van der Waals surface area contributed by atoms with E-state index in [0.29, 0.717) is 11.5 Å². The van der Waals surface area contributed by atoms with Crippen LogP contribution in [-0.4, -0.2) is 86.3 Å². The van der Waals surface area contributed by atoms with Gasteiger partial charge in [-0.1, -0.05) is 96.1 Å². The summed E-state index contributed by atoms with van der Waals surface area (Å²) in [6, 6.07) is 28.1. The molecule has 0 bridgehead atoms. The van der Waals surface area contributed by atoms with E-state index >= 15 is 4.57 Å². The van der Waals surface area contributed by atoms with Crippen LogP contribution in [0.4, 0.5) is 5.82 Å². The minimum absolute atomic E-state index is 0.0469. The minimum Gasteiger partial charge on any atom is -0.497 e. The second-order valence-electron chi connectivity index (χ2n) is 18.3. The molecule has 1 saturated heterocycles. The number of nitriles is 1. The van der Waals surface area contributed by atoms with Crippen molar-refractivity contribution in [1.82, 2.24) is 14.2 Å². The molecule has 0 saturated carbocycles. The van der Waals surface area contributed by atoms with E-state index in [-0.39, 0.29) is 54.2 Å². The molecule has 1 N–H and O–H groups in total. The summed E-state index contributed by atoms with van der Waals surface area (Å²) in [7, 11) is -4.02. The fraction of sp³-hybridized carbons (Fsp3) is 0.520. The van der Waals surface area contributed by atoms with Crippen LogP contribution in [0.1, 0.15) is 106 Å². The number of amides is 1. The van der Waals surface area contributed by atoms with Crippen LogP contribution in [0.3, 0.4) is 0 Å². The zero-order valence-electron chi connectivity index (χ0n) is 41.3. The molecule has 17 heteroatoms. The summed E-state index contributed by atoms with van der Waals surface area (Å²) in [5.74, 6) is 0.968. The van der Waals surface area contributed by atoms with Crippen LogP contribution < -0.4 is 20.5 Å². The Hall–Kier alpha value is -4.69. The maximum absolute atomic E-state index is 15.7. The molecule has 1 fully saturated rings. The summed E-state index contributed by atoms with van der Waals surface area (Å²) in [5.41, 5.74) is 0.600. The Bertz CT molecular complexity index is 2300. The van der Waals surface area contributed by atoms with E-state index in [1.807, 2.05) is 107 Å². The number of hydrogen-bond acceptors (Lipinski definition) is 12. The van der Waals surface area contributed by atoms with Crippen LogP contribution in [-0.2, 0) is 37.9 Å². The molecule has 15 nitrogen and oxygen atoms in total. The molecule has 1 unspecified atom stereocenters. The lowest BCUT2D eigenvalue weighted by molar-refractivity contribution is -0.114. The Morgan fingerprint density at radius 1 is 0.836 bits per heavy atom.